The Morgan fingerprint density at radius 2 is 1.44 bits per heavy atom. The van der Waals surface area contributed by atoms with Crippen LogP contribution in [0.15, 0.2) is 36.7 Å². The maximum Gasteiger partial charge on any atom is 0.306 e. The second kappa shape index (κ2) is 15.6. The molecule has 0 amide bonds. The first-order chi connectivity index (χ1) is 15.6. The van der Waals surface area contributed by atoms with Gasteiger partial charge < -0.3 is 4.74 Å². The van der Waals surface area contributed by atoms with Crippen molar-refractivity contribution in [3.05, 3.63) is 47.8 Å². The quantitative estimate of drug-likeness (QED) is 0.201. The molecular weight excluding hydrogens is 396 g/mol. The number of aryl methyl sites for hydroxylation is 2. The largest absolute Gasteiger partial charge is 0.463 e. The molecule has 4 heteroatoms. The van der Waals surface area contributed by atoms with Crippen molar-refractivity contribution in [2.24, 2.45) is 0 Å². The van der Waals surface area contributed by atoms with Gasteiger partial charge in [0.2, 0.25) is 0 Å². The summed E-state index contributed by atoms with van der Waals surface area (Å²) in [5.41, 5.74) is 3.34. The number of ether oxygens (including phenoxy) is 1. The van der Waals surface area contributed by atoms with Gasteiger partial charge in [-0.1, -0.05) is 83.1 Å². The van der Waals surface area contributed by atoms with Crippen LogP contribution in [0.2, 0.25) is 0 Å². The lowest BCUT2D eigenvalue weighted by Gasteiger charge is -2.13. The molecule has 32 heavy (non-hydrogen) atoms. The minimum Gasteiger partial charge on any atom is -0.463 e. The summed E-state index contributed by atoms with van der Waals surface area (Å²) in [6.07, 6.45) is 18.3. The van der Waals surface area contributed by atoms with Gasteiger partial charge >= 0.3 is 5.97 Å². The van der Waals surface area contributed by atoms with Crippen LogP contribution >= 0.6 is 0 Å². The zero-order valence-corrected chi connectivity index (χ0v) is 20.4. The summed E-state index contributed by atoms with van der Waals surface area (Å²) in [4.78, 5) is 21.2. The fraction of sp³-hybridized carbons (Fsp3) is 0.607. The highest BCUT2D eigenvalue weighted by Crippen LogP contribution is 2.17. The van der Waals surface area contributed by atoms with Crippen molar-refractivity contribution in [1.29, 1.82) is 0 Å². The lowest BCUT2D eigenvalue weighted by molar-refractivity contribution is -0.148. The van der Waals surface area contributed by atoms with Crippen molar-refractivity contribution < 1.29 is 9.53 Å². The average Bonchev–Trinajstić information content (AvgIpc) is 2.81. The summed E-state index contributed by atoms with van der Waals surface area (Å²) >= 11 is 0. The normalized spacial score (nSPS) is 12.0. The number of rotatable bonds is 16. The fourth-order valence-corrected chi connectivity index (χ4v) is 3.83. The molecule has 0 saturated heterocycles. The monoisotopic (exact) mass is 438 g/mol. The van der Waals surface area contributed by atoms with Gasteiger partial charge in [0, 0.05) is 24.4 Å². The van der Waals surface area contributed by atoms with E-state index >= 15 is 0 Å². The van der Waals surface area contributed by atoms with Crippen molar-refractivity contribution in [3.8, 4) is 11.4 Å². The Hall–Kier alpha value is -2.23. The summed E-state index contributed by atoms with van der Waals surface area (Å²) in [5, 5.41) is 0. The van der Waals surface area contributed by atoms with Crippen molar-refractivity contribution in [2.75, 3.05) is 0 Å². The summed E-state index contributed by atoms with van der Waals surface area (Å²) in [6.45, 7) is 6.44. The Balaban J connectivity index is 1.72. The van der Waals surface area contributed by atoms with Crippen LogP contribution in [0.5, 0.6) is 0 Å². The molecule has 0 aliphatic carbocycles. The molecule has 2 rings (SSSR count). The van der Waals surface area contributed by atoms with Gasteiger partial charge in [-0.05, 0) is 50.2 Å². The zero-order chi connectivity index (χ0) is 23.0. The minimum atomic E-state index is -0.106. The van der Waals surface area contributed by atoms with Gasteiger partial charge in [0.15, 0.2) is 5.82 Å². The zero-order valence-electron chi connectivity index (χ0n) is 20.4. The van der Waals surface area contributed by atoms with Gasteiger partial charge in [-0.15, -0.1) is 0 Å². The Kier molecular flexibility index (Phi) is 12.6. The van der Waals surface area contributed by atoms with Gasteiger partial charge in [-0.3, -0.25) is 4.79 Å². The van der Waals surface area contributed by atoms with E-state index in [0.29, 0.717) is 12.8 Å². The fourth-order valence-electron chi connectivity index (χ4n) is 3.83. The molecule has 0 spiro atoms. The molecule has 4 nitrogen and oxygen atoms in total. The summed E-state index contributed by atoms with van der Waals surface area (Å²) in [6, 6.07) is 8.19. The number of hydrogen-bond donors (Lipinski definition) is 0. The molecule has 1 heterocycles. The highest BCUT2D eigenvalue weighted by Gasteiger charge is 2.10. The average molecular weight is 439 g/mol. The molecule has 1 atom stereocenters. The molecule has 0 N–H and O–H groups in total. The Labute approximate surface area is 195 Å². The van der Waals surface area contributed by atoms with E-state index in [4.69, 9.17) is 4.74 Å². The Morgan fingerprint density at radius 1 is 0.812 bits per heavy atom. The van der Waals surface area contributed by atoms with Crippen LogP contribution in [0, 0.1) is 0 Å². The van der Waals surface area contributed by atoms with Gasteiger partial charge in [0.1, 0.15) is 0 Å². The van der Waals surface area contributed by atoms with E-state index < -0.39 is 0 Å². The van der Waals surface area contributed by atoms with E-state index in [2.05, 4.69) is 35.9 Å². The van der Waals surface area contributed by atoms with E-state index in [0.717, 1.165) is 36.2 Å². The molecule has 0 fully saturated rings. The van der Waals surface area contributed by atoms with Gasteiger partial charge in [0.05, 0.1) is 6.10 Å². The number of hydrogen-bond acceptors (Lipinski definition) is 4. The van der Waals surface area contributed by atoms with Crippen LogP contribution in [0.25, 0.3) is 11.4 Å². The summed E-state index contributed by atoms with van der Waals surface area (Å²) < 4.78 is 5.54. The molecule has 0 aliphatic heterocycles. The van der Waals surface area contributed by atoms with E-state index in [1.54, 1.807) is 0 Å². The van der Waals surface area contributed by atoms with Crippen molar-refractivity contribution in [3.63, 3.8) is 0 Å². The molecular formula is C28H42N2O2. The molecule has 0 unspecified atom stereocenters. The Morgan fingerprint density at radius 3 is 2.09 bits per heavy atom. The van der Waals surface area contributed by atoms with Gasteiger partial charge in [0.25, 0.3) is 0 Å². The van der Waals surface area contributed by atoms with Crippen LogP contribution in [0.1, 0.15) is 103 Å². The van der Waals surface area contributed by atoms with Crippen LogP contribution in [0.3, 0.4) is 0 Å². The maximum absolute atomic E-state index is 12.1. The van der Waals surface area contributed by atoms with Crippen LogP contribution in [0.4, 0.5) is 0 Å². The number of aromatic nitrogens is 2. The Bertz CT molecular complexity index is 756. The predicted octanol–water partition coefficient (Wildman–Crippen LogP) is 7.49. The van der Waals surface area contributed by atoms with Crippen LogP contribution < -0.4 is 0 Å². The number of carbonyl (C=O) groups excluding carboxylic acids is 1. The third kappa shape index (κ3) is 10.4. The first kappa shape index (κ1) is 26.0. The minimum absolute atomic E-state index is 0.0122. The number of esters is 1. The molecule has 0 bridgehead atoms. The van der Waals surface area contributed by atoms with Crippen molar-refractivity contribution in [1.82, 2.24) is 9.97 Å². The lowest BCUT2D eigenvalue weighted by Crippen LogP contribution is -2.15. The second-order valence-electron chi connectivity index (χ2n) is 8.93. The number of carbonyl (C=O) groups is 1. The number of nitrogens with zero attached hydrogens (tertiary/aromatic N) is 2. The van der Waals surface area contributed by atoms with Crippen molar-refractivity contribution in [2.45, 2.75) is 110 Å². The third-order valence-corrected chi connectivity index (χ3v) is 5.90. The van der Waals surface area contributed by atoms with E-state index in [-0.39, 0.29) is 12.1 Å². The molecule has 0 saturated carbocycles. The first-order valence-electron chi connectivity index (χ1n) is 12.7. The highest BCUT2D eigenvalue weighted by atomic mass is 16.5. The predicted molar refractivity (Wildman–Crippen MR) is 133 cm³/mol. The SMILES string of the molecule is CCCCCCCc1cnc(-c2ccc(CCC(=O)O[C@H](C)CCCCCC)cc2)nc1. The van der Waals surface area contributed by atoms with Crippen molar-refractivity contribution >= 4 is 5.97 Å². The second-order valence-corrected chi connectivity index (χ2v) is 8.93. The van der Waals surface area contributed by atoms with E-state index in [1.807, 2.05) is 31.5 Å². The standard InChI is InChI=1S/C28H42N2O2/c1-4-6-8-10-12-14-25-21-29-28(30-22-25)26-18-15-24(16-19-26)17-20-27(31)32-23(3)13-11-9-7-5-2/h15-16,18-19,21-23H,4-14,17,20H2,1-3H3/t23-/m1/s1. The maximum atomic E-state index is 12.1. The first-order valence-corrected chi connectivity index (χ1v) is 12.7. The van der Waals surface area contributed by atoms with Gasteiger partial charge in [-0.2, -0.15) is 0 Å². The van der Waals surface area contributed by atoms with Crippen LogP contribution in [-0.4, -0.2) is 22.0 Å². The molecule has 0 radical (unpaired) electrons. The molecule has 1 aromatic heterocycles. The number of benzene rings is 1. The third-order valence-electron chi connectivity index (χ3n) is 5.90. The topological polar surface area (TPSA) is 52.1 Å². The molecule has 176 valence electrons. The lowest BCUT2D eigenvalue weighted by atomic mass is 10.1. The summed E-state index contributed by atoms with van der Waals surface area (Å²) in [7, 11) is 0. The van der Waals surface area contributed by atoms with Crippen LogP contribution in [-0.2, 0) is 22.4 Å². The summed E-state index contributed by atoms with van der Waals surface area (Å²) in [5.74, 6) is 0.647. The number of unbranched alkanes of at least 4 members (excludes halogenated alkanes) is 7. The smallest absolute Gasteiger partial charge is 0.306 e. The van der Waals surface area contributed by atoms with Gasteiger partial charge in [-0.25, -0.2) is 9.97 Å². The molecule has 0 aliphatic rings. The van der Waals surface area contributed by atoms with E-state index in [1.165, 1.54) is 56.9 Å². The molecule has 2 aromatic rings. The molecule has 1 aromatic carbocycles. The highest BCUT2D eigenvalue weighted by molar-refractivity contribution is 5.70. The van der Waals surface area contributed by atoms with E-state index in [9.17, 15) is 4.79 Å².